The van der Waals surface area contributed by atoms with Gasteiger partial charge in [0.25, 0.3) is 0 Å². The van der Waals surface area contributed by atoms with E-state index in [1.54, 1.807) is 6.07 Å². The van der Waals surface area contributed by atoms with Crippen molar-refractivity contribution < 1.29 is 9.30 Å². The quantitative estimate of drug-likeness (QED) is 0.545. The monoisotopic (exact) mass is 225 g/mol. The third-order valence-corrected chi connectivity index (χ3v) is 6.74. The lowest BCUT2D eigenvalue weighted by Crippen LogP contribution is -2.23. The summed E-state index contributed by atoms with van der Waals surface area (Å²) in [4.78, 5) is 0. The Morgan fingerprint density at radius 3 is 2.67 bits per heavy atom. The summed E-state index contributed by atoms with van der Waals surface area (Å²) in [7, 11) is -2.53. The summed E-state index contributed by atoms with van der Waals surface area (Å²) in [6, 6.07) is 5.44. The lowest BCUT2D eigenvalue weighted by atomic mass is 10.2. The Hall–Kier alpha value is -0.950. The number of hydrogen-bond donors (Lipinski definition) is 1. The summed E-state index contributed by atoms with van der Waals surface area (Å²) in [5.41, 5.74) is 6.48. The van der Waals surface area contributed by atoms with Gasteiger partial charge in [-0.15, -0.1) is 0 Å². The maximum atomic E-state index is 12.9. The number of nitrogen functional groups attached to an aromatic ring is 1. The van der Waals surface area contributed by atoms with E-state index in [0.717, 1.165) is 5.30 Å². The van der Waals surface area contributed by atoms with Gasteiger partial charge >= 0.3 is 0 Å². The normalized spacial score (nSPS) is 24.7. The Morgan fingerprint density at radius 1 is 1.40 bits per heavy atom. The lowest BCUT2D eigenvalue weighted by Gasteiger charge is -2.26. The van der Waals surface area contributed by atoms with E-state index in [2.05, 4.69) is 0 Å². The maximum Gasteiger partial charge on any atom is 0.161 e. The lowest BCUT2D eigenvalue weighted by molar-refractivity contribution is 0.389. The summed E-state index contributed by atoms with van der Waals surface area (Å²) in [5.74, 6) is 0.688. The molecule has 0 aliphatic carbocycles. The third kappa shape index (κ3) is 1.37. The largest absolute Gasteiger partial charge is 0.485 e. The third-order valence-electron chi connectivity index (χ3n) is 2.88. The van der Waals surface area contributed by atoms with Gasteiger partial charge in [-0.05, 0) is 12.1 Å². The van der Waals surface area contributed by atoms with Crippen LogP contribution in [0.1, 0.15) is 20.8 Å². The molecule has 4 heteroatoms. The van der Waals surface area contributed by atoms with Crippen LogP contribution in [0.3, 0.4) is 0 Å². The minimum Gasteiger partial charge on any atom is -0.485 e. The highest BCUT2D eigenvalue weighted by Gasteiger charge is 2.46. The molecule has 15 heavy (non-hydrogen) atoms. The van der Waals surface area contributed by atoms with Crippen LogP contribution >= 0.6 is 7.14 Å². The summed E-state index contributed by atoms with van der Waals surface area (Å²) in [6.45, 7) is 5.91. The number of fused-ring (bicyclic) bond motifs is 1. The van der Waals surface area contributed by atoms with Gasteiger partial charge in [-0.3, -0.25) is 0 Å². The van der Waals surface area contributed by atoms with Gasteiger partial charge in [-0.2, -0.15) is 0 Å². The van der Waals surface area contributed by atoms with E-state index in [-0.39, 0.29) is 11.5 Å². The molecule has 1 aliphatic rings. The molecule has 0 unspecified atom stereocenters. The van der Waals surface area contributed by atoms with Gasteiger partial charge in [0.15, 0.2) is 7.14 Å². The molecule has 0 amide bonds. The van der Waals surface area contributed by atoms with Crippen LogP contribution in [-0.4, -0.2) is 11.5 Å². The van der Waals surface area contributed by atoms with Gasteiger partial charge in [0.05, 0.1) is 5.30 Å². The highest BCUT2D eigenvalue weighted by Crippen LogP contribution is 2.62. The van der Waals surface area contributed by atoms with Crippen LogP contribution < -0.4 is 15.8 Å². The number of nitrogens with two attached hydrogens (primary N) is 1. The molecule has 0 spiro atoms. The molecule has 0 bridgehead atoms. The van der Waals surface area contributed by atoms with Gasteiger partial charge in [0.1, 0.15) is 12.1 Å². The summed E-state index contributed by atoms with van der Waals surface area (Å²) < 4.78 is 18.4. The van der Waals surface area contributed by atoms with E-state index in [4.69, 9.17) is 10.5 Å². The Balaban J connectivity index is 2.68. The second kappa shape index (κ2) is 3.02. The summed E-state index contributed by atoms with van der Waals surface area (Å²) in [5, 5.41) is 0.436. The maximum absolute atomic E-state index is 12.9. The molecule has 0 saturated carbocycles. The van der Waals surface area contributed by atoms with E-state index < -0.39 is 7.14 Å². The van der Waals surface area contributed by atoms with Crippen LogP contribution in [0.2, 0.25) is 0 Å². The average Bonchev–Trinajstić information content (AvgIpc) is 2.45. The highest BCUT2D eigenvalue weighted by molar-refractivity contribution is 7.73. The molecule has 0 saturated heterocycles. The fraction of sp³-hybridized carbons (Fsp3) is 0.455. The first-order chi connectivity index (χ1) is 6.86. The van der Waals surface area contributed by atoms with Crippen molar-refractivity contribution in [3.05, 3.63) is 18.2 Å². The molecule has 0 aromatic heterocycles. The SMILES string of the molecule is CC(C)(C)[P@@]1(=O)COc2cccc(N)c21. The van der Waals surface area contributed by atoms with Crippen LogP contribution in [-0.2, 0) is 4.57 Å². The van der Waals surface area contributed by atoms with Crippen LogP contribution in [0.15, 0.2) is 18.2 Å². The van der Waals surface area contributed by atoms with Crippen LogP contribution in [0.25, 0.3) is 0 Å². The number of benzene rings is 1. The smallest absolute Gasteiger partial charge is 0.161 e. The molecule has 0 radical (unpaired) electrons. The zero-order valence-electron chi connectivity index (χ0n) is 9.28. The first-order valence-electron chi connectivity index (χ1n) is 4.97. The number of rotatable bonds is 0. The van der Waals surface area contributed by atoms with Crippen molar-refractivity contribution in [2.45, 2.75) is 25.9 Å². The molecule has 1 aliphatic heterocycles. The van der Waals surface area contributed by atoms with Crippen molar-refractivity contribution in [1.29, 1.82) is 0 Å². The van der Waals surface area contributed by atoms with Gasteiger partial charge in [-0.1, -0.05) is 26.8 Å². The number of ether oxygens (including phenoxy) is 1. The standard InChI is InChI=1S/C11H16NO2P/c1-11(2,3)15(13)7-14-9-6-4-5-8(12)10(9)15/h4-6H,7,12H2,1-3H3/t15-/m1/s1. The average molecular weight is 225 g/mol. The van der Waals surface area contributed by atoms with E-state index >= 15 is 0 Å². The Morgan fingerprint density at radius 2 is 2.07 bits per heavy atom. The van der Waals surface area contributed by atoms with Crippen LogP contribution in [0.5, 0.6) is 5.75 Å². The fourth-order valence-corrected chi connectivity index (χ4v) is 4.29. The molecule has 1 aromatic rings. The zero-order valence-corrected chi connectivity index (χ0v) is 10.2. The molecule has 82 valence electrons. The van der Waals surface area contributed by atoms with Gasteiger partial charge in [-0.25, -0.2) is 0 Å². The molecular weight excluding hydrogens is 209 g/mol. The number of anilines is 1. The van der Waals surface area contributed by atoms with Crippen LogP contribution in [0.4, 0.5) is 5.69 Å². The van der Waals surface area contributed by atoms with Gasteiger partial charge in [0, 0.05) is 10.8 Å². The minimum absolute atomic E-state index is 0.278. The second-order valence-electron chi connectivity index (χ2n) is 4.88. The van der Waals surface area contributed by atoms with Crippen molar-refractivity contribution in [2.75, 3.05) is 12.1 Å². The van der Waals surface area contributed by atoms with Crippen molar-refractivity contribution in [2.24, 2.45) is 0 Å². The Labute approximate surface area is 90.0 Å². The molecular formula is C11H16NO2P. The van der Waals surface area contributed by atoms with Crippen molar-refractivity contribution in [1.82, 2.24) is 0 Å². The van der Waals surface area contributed by atoms with Gasteiger partial charge < -0.3 is 15.0 Å². The number of hydrogen-bond acceptors (Lipinski definition) is 3. The minimum atomic E-state index is -2.53. The fourth-order valence-electron chi connectivity index (χ4n) is 1.80. The zero-order chi connectivity index (χ0) is 11.3. The van der Waals surface area contributed by atoms with Crippen molar-refractivity contribution in [3.8, 4) is 5.75 Å². The highest BCUT2D eigenvalue weighted by atomic mass is 31.2. The Bertz CT molecular complexity index is 448. The second-order valence-corrected chi connectivity index (χ2v) is 8.40. The van der Waals surface area contributed by atoms with E-state index in [1.807, 2.05) is 32.9 Å². The first kappa shape index (κ1) is 10.6. The first-order valence-corrected chi connectivity index (χ1v) is 6.86. The van der Waals surface area contributed by atoms with Gasteiger partial charge in [0.2, 0.25) is 0 Å². The van der Waals surface area contributed by atoms with Crippen molar-refractivity contribution >= 4 is 18.1 Å². The summed E-state index contributed by atoms with van der Waals surface area (Å²) in [6.07, 6.45) is 0.278. The van der Waals surface area contributed by atoms with E-state index in [0.29, 0.717) is 11.4 Å². The molecule has 1 aromatic carbocycles. The van der Waals surface area contributed by atoms with Crippen LogP contribution in [0, 0.1) is 0 Å². The molecule has 1 atom stereocenters. The predicted molar refractivity (Wildman–Crippen MR) is 63.3 cm³/mol. The molecule has 1 heterocycles. The Kier molecular flexibility index (Phi) is 2.13. The molecule has 0 fully saturated rings. The topological polar surface area (TPSA) is 52.3 Å². The molecule has 2 rings (SSSR count). The van der Waals surface area contributed by atoms with Crippen molar-refractivity contribution in [3.63, 3.8) is 0 Å². The predicted octanol–water partition coefficient (Wildman–Crippen LogP) is 2.41. The molecule has 2 N–H and O–H groups in total. The molecule has 3 nitrogen and oxygen atoms in total. The van der Waals surface area contributed by atoms with E-state index in [9.17, 15) is 4.57 Å². The summed E-state index contributed by atoms with van der Waals surface area (Å²) >= 11 is 0. The van der Waals surface area contributed by atoms with E-state index in [1.165, 1.54) is 0 Å².